The molecule has 100 valence electrons. The van der Waals surface area contributed by atoms with Crippen LogP contribution in [0.15, 0.2) is 41.8 Å². The lowest BCUT2D eigenvalue weighted by Gasteiger charge is -2.24. The van der Waals surface area contributed by atoms with Crippen molar-refractivity contribution in [1.29, 1.82) is 0 Å². The molecule has 0 bridgehead atoms. The van der Waals surface area contributed by atoms with Crippen LogP contribution in [-0.2, 0) is 19.6 Å². The van der Waals surface area contributed by atoms with Gasteiger partial charge in [0.2, 0.25) is 0 Å². The lowest BCUT2D eigenvalue weighted by Crippen LogP contribution is -2.36. The number of nitrogens with zero attached hydrogens (tertiary/aromatic N) is 1. The SMILES string of the molecule is CC(CNCc1cccs1)N1Cc2ccccc2C1. The van der Waals surface area contributed by atoms with Crippen molar-refractivity contribution in [2.75, 3.05) is 6.54 Å². The van der Waals surface area contributed by atoms with Crippen LogP contribution >= 0.6 is 11.3 Å². The maximum absolute atomic E-state index is 3.56. The van der Waals surface area contributed by atoms with Gasteiger partial charge in [-0.2, -0.15) is 0 Å². The predicted molar refractivity (Wildman–Crippen MR) is 81.2 cm³/mol. The first-order valence-corrected chi connectivity index (χ1v) is 7.75. The molecule has 1 N–H and O–H groups in total. The highest BCUT2D eigenvalue weighted by molar-refractivity contribution is 7.09. The Morgan fingerprint density at radius 3 is 2.53 bits per heavy atom. The summed E-state index contributed by atoms with van der Waals surface area (Å²) in [6.45, 7) is 6.54. The normalized spacial score (nSPS) is 16.5. The molecule has 0 radical (unpaired) electrons. The zero-order valence-corrected chi connectivity index (χ0v) is 12.1. The van der Waals surface area contributed by atoms with Gasteiger partial charge in [0.1, 0.15) is 0 Å². The third kappa shape index (κ3) is 3.06. The van der Waals surface area contributed by atoms with Crippen LogP contribution in [0, 0.1) is 0 Å². The number of benzene rings is 1. The number of hydrogen-bond donors (Lipinski definition) is 1. The standard InChI is InChI=1S/C16H20N2S/c1-13(9-17-10-16-7-4-8-19-16)18-11-14-5-2-3-6-15(14)12-18/h2-8,13,17H,9-12H2,1H3. The third-order valence-electron chi connectivity index (χ3n) is 3.81. The van der Waals surface area contributed by atoms with E-state index in [0.29, 0.717) is 6.04 Å². The van der Waals surface area contributed by atoms with Crippen molar-refractivity contribution in [2.45, 2.75) is 32.6 Å². The Balaban J connectivity index is 1.48. The highest BCUT2D eigenvalue weighted by atomic mass is 32.1. The first kappa shape index (κ1) is 12.9. The van der Waals surface area contributed by atoms with Crippen LogP contribution in [0.5, 0.6) is 0 Å². The first-order chi connectivity index (χ1) is 9.33. The molecule has 1 atom stereocenters. The molecule has 0 fully saturated rings. The van der Waals surface area contributed by atoms with E-state index in [4.69, 9.17) is 0 Å². The summed E-state index contributed by atoms with van der Waals surface area (Å²) >= 11 is 1.82. The fraction of sp³-hybridized carbons (Fsp3) is 0.375. The number of rotatable bonds is 5. The molecule has 2 heterocycles. The van der Waals surface area contributed by atoms with E-state index in [9.17, 15) is 0 Å². The molecular weight excluding hydrogens is 252 g/mol. The smallest absolute Gasteiger partial charge is 0.0300 e. The molecule has 19 heavy (non-hydrogen) atoms. The Morgan fingerprint density at radius 2 is 1.89 bits per heavy atom. The second-order valence-electron chi connectivity index (χ2n) is 5.23. The minimum absolute atomic E-state index is 0.576. The van der Waals surface area contributed by atoms with Crippen molar-refractivity contribution < 1.29 is 0 Å². The van der Waals surface area contributed by atoms with E-state index in [1.165, 1.54) is 16.0 Å². The van der Waals surface area contributed by atoms with E-state index in [-0.39, 0.29) is 0 Å². The summed E-state index contributed by atoms with van der Waals surface area (Å²) in [5.41, 5.74) is 2.99. The van der Waals surface area contributed by atoms with Gasteiger partial charge in [-0.3, -0.25) is 4.90 Å². The molecular formula is C16H20N2S. The molecule has 2 aromatic rings. The van der Waals surface area contributed by atoms with E-state index in [1.807, 2.05) is 11.3 Å². The molecule has 0 saturated heterocycles. The van der Waals surface area contributed by atoms with Crippen LogP contribution in [-0.4, -0.2) is 17.5 Å². The Hall–Kier alpha value is -1.16. The molecule has 1 unspecified atom stereocenters. The Bertz CT molecular complexity index is 496. The monoisotopic (exact) mass is 272 g/mol. The van der Waals surface area contributed by atoms with Gasteiger partial charge < -0.3 is 5.32 Å². The predicted octanol–water partition coefficient (Wildman–Crippen LogP) is 3.24. The molecule has 3 rings (SSSR count). The zero-order valence-electron chi connectivity index (χ0n) is 11.3. The maximum Gasteiger partial charge on any atom is 0.0300 e. The van der Waals surface area contributed by atoms with Crippen LogP contribution in [0.1, 0.15) is 22.9 Å². The van der Waals surface area contributed by atoms with E-state index in [1.54, 1.807) is 0 Å². The van der Waals surface area contributed by atoms with Gasteiger partial charge in [0, 0.05) is 37.1 Å². The molecule has 0 saturated carbocycles. The number of hydrogen-bond acceptors (Lipinski definition) is 3. The summed E-state index contributed by atoms with van der Waals surface area (Å²) in [5.74, 6) is 0. The van der Waals surface area contributed by atoms with Crippen LogP contribution in [0.4, 0.5) is 0 Å². The van der Waals surface area contributed by atoms with Gasteiger partial charge in [-0.05, 0) is 29.5 Å². The van der Waals surface area contributed by atoms with E-state index >= 15 is 0 Å². The van der Waals surface area contributed by atoms with Crippen LogP contribution < -0.4 is 5.32 Å². The van der Waals surface area contributed by atoms with Crippen molar-refractivity contribution in [1.82, 2.24) is 10.2 Å². The summed E-state index contributed by atoms with van der Waals surface area (Å²) in [7, 11) is 0. The fourth-order valence-corrected chi connectivity index (χ4v) is 3.29. The summed E-state index contributed by atoms with van der Waals surface area (Å²) in [5, 5.41) is 5.70. The van der Waals surface area contributed by atoms with Crippen LogP contribution in [0.3, 0.4) is 0 Å². The second-order valence-corrected chi connectivity index (χ2v) is 6.27. The van der Waals surface area contributed by atoms with Crippen molar-refractivity contribution in [3.63, 3.8) is 0 Å². The maximum atomic E-state index is 3.56. The molecule has 0 spiro atoms. The van der Waals surface area contributed by atoms with Crippen molar-refractivity contribution in [3.05, 3.63) is 57.8 Å². The van der Waals surface area contributed by atoms with Gasteiger partial charge in [0.15, 0.2) is 0 Å². The summed E-state index contributed by atoms with van der Waals surface area (Å²) in [6.07, 6.45) is 0. The molecule has 1 aliphatic heterocycles. The van der Waals surface area contributed by atoms with Crippen molar-refractivity contribution >= 4 is 11.3 Å². The van der Waals surface area contributed by atoms with Gasteiger partial charge in [-0.1, -0.05) is 30.3 Å². The van der Waals surface area contributed by atoms with E-state index < -0.39 is 0 Å². The lowest BCUT2D eigenvalue weighted by atomic mass is 10.1. The zero-order chi connectivity index (χ0) is 13.1. The summed E-state index contributed by atoms with van der Waals surface area (Å²) in [4.78, 5) is 3.96. The van der Waals surface area contributed by atoms with Gasteiger partial charge >= 0.3 is 0 Å². The number of thiophene rings is 1. The van der Waals surface area contributed by atoms with E-state index in [2.05, 4.69) is 58.9 Å². The average molecular weight is 272 g/mol. The minimum atomic E-state index is 0.576. The Kier molecular flexibility index (Phi) is 3.97. The summed E-state index contributed by atoms with van der Waals surface area (Å²) in [6, 6.07) is 13.7. The van der Waals surface area contributed by atoms with Gasteiger partial charge in [-0.25, -0.2) is 0 Å². The number of nitrogens with one attached hydrogen (secondary N) is 1. The topological polar surface area (TPSA) is 15.3 Å². The van der Waals surface area contributed by atoms with Gasteiger partial charge in [0.05, 0.1) is 0 Å². The lowest BCUT2D eigenvalue weighted by molar-refractivity contribution is 0.208. The largest absolute Gasteiger partial charge is 0.310 e. The minimum Gasteiger partial charge on any atom is -0.310 e. The first-order valence-electron chi connectivity index (χ1n) is 6.87. The molecule has 1 aliphatic rings. The summed E-state index contributed by atoms with van der Waals surface area (Å²) < 4.78 is 0. The average Bonchev–Trinajstić information content (AvgIpc) is 3.07. The van der Waals surface area contributed by atoms with Gasteiger partial charge in [0.25, 0.3) is 0 Å². The van der Waals surface area contributed by atoms with E-state index in [0.717, 1.165) is 26.2 Å². The highest BCUT2D eigenvalue weighted by Gasteiger charge is 2.22. The molecule has 2 nitrogen and oxygen atoms in total. The van der Waals surface area contributed by atoms with Crippen molar-refractivity contribution in [3.8, 4) is 0 Å². The van der Waals surface area contributed by atoms with Crippen LogP contribution in [0.25, 0.3) is 0 Å². The molecule has 0 aliphatic carbocycles. The molecule has 3 heteroatoms. The number of fused-ring (bicyclic) bond motifs is 1. The fourth-order valence-electron chi connectivity index (χ4n) is 2.62. The Labute approximate surface area is 119 Å². The van der Waals surface area contributed by atoms with Gasteiger partial charge in [-0.15, -0.1) is 11.3 Å². The quantitative estimate of drug-likeness (QED) is 0.899. The molecule has 0 amide bonds. The Morgan fingerprint density at radius 1 is 1.16 bits per heavy atom. The molecule has 1 aromatic heterocycles. The van der Waals surface area contributed by atoms with Crippen molar-refractivity contribution in [2.24, 2.45) is 0 Å². The second kappa shape index (κ2) is 5.87. The van der Waals surface area contributed by atoms with Crippen LogP contribution in [0.2, 0.25) is 0 Å². The highest BCUT2D eigenvalue weighted by Crippen LogP contribution is 2.23. The third-order valence-corrected chi connectivity index (χ3v) is 4.68. The molecule has 1 aromatic carbocycles.